The Bertz CT molecular complexity index is 841. The van der Waals surface area contributed by atoms with Crippen LogP contribution in [0.25, 0.3) is 0 Å². The van der Waals surface area contributed by atoms with Crippen LogP contribution in [0.1, 0.15) is 15.9 Å². The predicted octanol–water partition coefficient (Wildman–Crippen LogP) is 2.04. The van der Waals surface area contributed by atoms with E-state index in [0.717, 1.165) is 5.56 Å². The number of carbonyl (C=O) groups is 2. The van der Waals surface area contributed by atoms with Crippen molar-refractivity contribution in [3.63, 3.8) is 0 Å². The molecule has 0 unspecified atom stereocenters. The Kier molecular flexibility index (Phi) is 5.32. The number of hydrogen-bond acceptors (Lipinski definition) is 5. The van der Waals surface area contributed by atoms with Crippen molar-refractivity contribution in [2.45, 2.75) is 11.8 Å². The van der Waals surface area contributed by atoms with Gasteiger partial charge in [-0.1, -0.05) is 17.7 Å². The number of hydrogen-bond donors (Lipinski definition) is 2. The lowest BCUT2D eigenvalue weighted by Gasteiger charge is -2.07. The molecule has 2 rings (SSSR count). The van der Waals surface area contributed by atoms with E-state index in [9.17, 15) is 18.0 Å². The molecule has 8 heteroatoms. The molecule has 0 spiro atoms. The predicted molar refractivity (Wildman–Crippen MR) is 86.3 cm³/mol. The van der Waals surface area contributed by atoms with Crippen LogP contribution in [0.3, 0.4) is 0 Å². The fraction of sp³-hybridized carbons (Fsp3) is 0.125. The smallest absolute Gasteiger partial charge is 0.335 e. The Hall–Kier alpha value is -2.71. The molecule has 0 atom stereocenters. The molecular formula is C16H15NO6S. The lowest BCUT2D eigenvalue weighted by Crippen LogP contribution is -2.21. The van der Waals surface area contributed by atoms with Gasteiger partial charge in [0.2, 0.25) is 0 Å². The summed E-state index contributed by atoms with van der Waals surface area (Å²) in [7, 11) is -4.02. The summed E-state index contributed by atoms with van der Waals surface area (Å²) in [4.78, 5) is 22.4. The van der Waals surface area contributed by atoms with E-state index in [-0.39, 0.29) is 10.5 Å². The highest BCUT2D eigenvalue weighted by atomic mass is 32.2. The van der Waals surface area contributed by atoms with Crippen LogP contribution in [0.4, 0.5) is 5.69 Å². The fourth-order valence-electron chi connectivity index (χ4n) is 1.80. The highest BCUT2D eigenvalue weighted by Crippen LogP contribution is 2.14. The summed E-state index contributed by atoms with van der Waals surface area (Å²) in [6.45, 7) is 1.14. The summed E-state index contributed by atoms with van der Waals surface area (Å²) >= 11 is 0. The number of aromatic carboxylic acids is 1. The molecule has 2 aromatic carbocycles. The molecule has 0 aromatic heterocycles. The van der Waals surface area contributed by atoms with Gasteiger partial charge >= 0.3 is 5.97 Å². The molecule has 126 valence electrons. The van der Waals surface area contributed by atoms with Gasteiger partial charge in [0.1, 0.15) is 6.61 Å². The maximum atomic E-state index is 12.0. The molecule has 0 saturated carbocycles. The molecular weight excluding hydrogens is 334 g/mol. The Morgan fingerprint density at radius 3 is 2.17 bits per heavy atom. The maximum Gasteiger partial charge on any atom is 0.335 e. The number of anilines is 1. The van der Waals surface area contributed by atoms with Crippen molar-refractivity contribution in [3.05, 3.63) is 59.7 Å². The third kappa shape index (κ3) is 4.64. The van der Waals surface area contributed by atoms with E-state index in [1.54, 1.807) is 12.1 Å². The molecule has 0 aliphatic heterocycles. The number of carboxylic acids is 1. The van der Waals surface area contributed by atoms with Gasteiger partial charge < -0.3 is 10.4 Å². The second-order valence-electron chi connectivity index (χ2n) is 4.96. The number of rotatable bonds is 6. The third-order valence-electron chi connectivity index (χ3n) is 3.07. The zero-order chi connectivity index (χ0) is 17.7. The van der Waals surface area contributed by atoms with Gasteiger partial charge in [0, 0.05) is 5.69 Å². The van der Waals surface area contributed by atoms with E-state index in [2.05, 4.69) is 5.32 Å². The summed E-state index contributed by atoms with van der Waals surface area (Å²) in [6.07, 6.45) is 0. The molecule has 24 heavy (non-hydrogen) atoms. The van der Waals surface area contributed by atoms with Crippen molar-refractivity contribution in [2.75, 3.05) is 11.9 Å². The summed E-state index contributed by atoms with van der Waals surface area (Å²) in [6, 6.07) is 11.5. The van der Waals surface area contributed by atoms with Crippen molar-refractivity contribution in [2.24, 2.45) is 0 Å². The second-order valence-corrected chi connectivity index (χ2v) is 6.58. The molecule has 0 aliphatic rings. The van der Waals surface area contributed by atoms with Crippen LogP contribution in [0.15, 0.2) is 53.4 Å². The van der Waals surface area contributed by atoms with E-state index >= 15 is 0 Å². The van der Waals surface area contributed by atoms with E-state index in [1.807, 2.05) is 6.92 Å². The second kappa shape index (κ2) is 7.24. The zero-order valence-electron chi connectivity index (χ0n) is 12.7. The maximum absolute atomic E-state index is 12.0. The topological polar surface area (TPSA) is 110 Å². The quantitative estimate of drug-likeness (QED) is 0.772. The summed E-state index contributed by atoms with van der Waals surface area (Å²) in [5.41, 5.74) is 1.31. The lowest BCUT2D eigenvalue weighted by molar-refractivity contribution is -0.118. The normalized spacial score (nSPS) is 11.0. The van der Waals surface area contributed by atoms with Gasteiger partial charge in [0.25, 0.3) is 16.0 Å². The first-order chi connectivity index (χ1) is 11.3. The standard InChI is InChI=1S/C16H15NO6S/c1-11-2-8-14(9-3-11)24(21,22)23-10-15(18)17-13-6-4-12(5-7-13)16(19)20/h2-9H,10H2,1H3,(H,17,18)(H,19,20). The van der Waals surface area contributed by atoms with Crippen LogP contribution in [0.2, 0.25) is 0 Å². The van der Waals surface area contributed by atoms with Crippen molar-refractivity contribution >= 4 is 27.7 Å². The third-order valence-corrected chi connectivity index (χ3v) is 4.35. The van der Waals surface area contributed by atoms with Gasteiger partial charge in [0.15, 0.2) is 0 Å². The Labute approximate surface area is 139 Å². The molecule has 2 N–H and O–H groups in total. The first-order valence-corrected chi connectivity index (χ1v) is 8.28. The number of carboxylic acid groups (broad SMARTS) is 1. The Balaban J connectivity index is 1.95. The summed E-state index contributed by atoms with van der Waals surface area (Å²) in [5, 5.41) is 11.2. The average Bonchev–Trinajstić information content (AvgIpc) is 2.54. The van der Waals surface area contributed by atoms with Crippen LogP contribution in [-0.4, -0.2) is 32.0 Å². The van der Waals surface area contributed by atoms with Crippen LogP contribution < -0.4 is 5.32 Å². The van der Waals surface area contributed by atoms with E-state index < -0.39 is 28.6 Å². The van der Waals surface area contributed by atoms with Gasteiger partial charge in [-0.2, -0.15) is 8.42 Å². The minimum absolute atomic E-state index is 0.0355. The molecule has 7 nitrogen and oxygen atoms in total. The van der Waals surface area contributed by atoms with E-state index in [1.165, 1.54) is 36.4 Å². The van der Waals surface area contributed by atoms with Crippen LogP contribution in [0, 0.1) is 6.92 Å². The molecule has 1 amide bonds. The SMILES string of the molecule is Cc1ccc(S(=O)(=O)OCC(=O)Nc2ccc(C(=O)O)cc2)cc1. The minimum Gasteiger partial charge on any atom is -0.478 e. The van der Waals surface area contributed by atoms with Crippen LogP contribution >= 0.6 is 0 Å². The number of aryl methyl sites for hydroxylation is 1. The molecule has 2 aromatic rings. The number of carbonyl (C=O) groups excluding carboxylic acids is 1. The van der Waals surface area contributed by atoms with Gasteiger partial charge in [-0.3, -0.25) is 8.98 Å². The molecule has 0 bridgehead atoms. The summed E-state index contributed by atoms with van der Waals surface area (Å²) < 4.78 is 28.6. The van der Waals surface area contributed by atoms with Crippen molar-refractivity contribution in [3.8, 4) is 0 Å². The lowest BCUT2D eigenvalue weighted by atomic mass is 10.2. The van der Waals surface area contributed by atoms with Gasteiger partial charge in [-0.25, -0.2) is 4.79 Å². The average molecular weight is 349 g/mol. The van der Waals surface area contributed by atoms with Gasteiger partial charge in [-0.15, -0.1) is 0 Å². The Morgan fingerprint density at radius 1 is 1.04 bits per heavy atom. The number of nitrogens with one attached hydrogen (secondary N) is 1. The van der Waals surface area contributed by atoms with Crippen LogP contribution in [-0.2, 0) is 19.1 Å². The van der Waals surface area contributed by atoms with Gasteiger partial charge in [-0.05, 0) is 43.3 Å². The first-order valence-electron chi connectivity index (χ1n) is 6.87. The first kappa shape index (κ1) is 17.6. The minimum atomic E-state index is -4.02. The summed E-state index contributed by atoms with van der Waals surface area (Å²) in [5.74, 6) is -1.76. The van der Waals surface area contributed by atoms with Crippen molar-refractivity contribution in [1.82, 2.24) is 0 Å². The molecule has 0 radical (unpaired) electrons. The Morgan fingerprint density at radius 2 is 1.62 bits per heavy atom. The fourth-order valence-corrected chi connectivity index (χ4v) is 2.66. The zero-order valence-corrected chi connectivity index (χ0v) is 13.5. The highest BCUT2D eigenvalue weighted by molar-refractivity contribution is 7.86. The van der Waals surface area contributed by atoms with Gasteiger partial charge in [0.05, 0.1) is 10.5 Å². The van der Waals surface area contributed by atoms with E-state index in [4.69, 9.17) is 9.29 Å². The number of amides is 1. The molecule has 0 aliphatic carbocycles. The van der Waals surface area contributed by atoms with Crippen LogP contribution in [0.5, 0.6) is 0 Å². The molecule has 0 saturated heterocycles. The van der Waals surface area contributed by atoms with Crippen molar-refractivity contribution in [1.29, 1.82) is 0 Å². The molecule has 0 fully saturated rings. The van der Waals surface area contributed by atoms with E-state index in [0.29, 0.717) is 5.69 Å². The molecule has 0 heterocycles. The largest absolute Gasteiger partial charge is 0.478 e. The monoisotopic (exact) mass is 349 g/mol. The van der Waals surface area contributed by atoms with Crippen molar-refractivity contribution < 1.29 is 27.3 Å². The highest BCUT2D eigenvalue weighted by Gasteiger charge is 2.17. The number of benzene rings is 2.